The van der Waals surface area contributed by atoms with E-state index in [9.17, 15) is 9.59 Å². The second kappa shape index (κ2) is 20.2. The lowest BCUT2D eigenvalue weighted by Gasteiger charge is -2.30. The summed E-state index contributed by atoms with van der Waals surface area (Å²) in [6.07, 6.45) is 14.3. The molecule has 7 heteroatoms. The smallest absolute Gasteiger partial charge is 0.323 e. The second-order valence-corrected chi connectivity index (χ2v) is 8.85. The van der Waals surface area contributed by atoms with Crippen molar-refractivity contribution in [3.8, 4) is 0 Å². The van der Waals surface area contributed by atoms with Crippen LogP contribution in [0, 0.1) is 0 Å². The van der Waals surface area contributed by atoms with E-state index in [1.54, 1.807) is 0 Å². The highest BCUT2D eigenvalue weighted by molar-refractivity contribution is 5.75. The van der Waals surface area contributed by atoms with Crippen molar-refractivity contribution in [1.82, 2.24) is 5.32 Å². The number of hydrogen-bond donors (Lipinski definition) is 1. The molecule has 0 saturated carbocycles. The van der Waals surface area contributed by atoms with E-state index in [0.717, 1.165) is 64.4 Å². The third kappa shape index (κ3) is 15.4. The molecule has 1 N–H and O–H groups in total. The van der Waals surface area contributed by atoms with Gasteiger partial charge in [-0.05, 0) is 58.8 Å². The Morgan fingerprint density at radius 2 is 1.58 bits per heavy atom. The molecule has 0 aliphatic carbocycles. The van der Waals surface area contributed by atoms with Crippen LogP contribution in [0.3, 0.4) is 0 Å². The maximum atomic E-state index is 12.6. The van der Waals surface area contributed by atoms with Crippen molar-refractivity contribution in [2.24, 2.45) is 0 Å². The van der Waals surface area contributed by atoms with Gasteiger partial charge in [0.25, 0.3) is 0 Å². The van der Waals surface area contributed by atoms with Gasteiger partial charge in [-0.2, -0.15) is 0 Å². The lowest BCUT2D eigenvalue weighted by Crippen LogP contribution is -2.47. The van der Waals surface area contributed by atoms with Crippen molar-refractivity contribution in [2.75, 3.05) is 19.8 Å². The summed E-state index contributed by atoms with van der Waals surface area (Å²) in [7, 11) is 0. The van der Waals surface area contributed by atoms with Crippen molar-refractivity contribution in [1.29, 1.82) is 0 Å². The number of carbonyl (C=O) groups is 2. The van der Waals surface area contributed by atoms with Crippen LogP contribution >= 0.6 is 0 Å². The molecule has 0 aromatic rings. The van der Waals surface area contributed by atoms with Crippen molar-refractivity contribution in [3.63, 3.8) is 0 Å². The first-order valence-corrected chi connectivity index (χ1v) is 13.5. The summed E-state index contributed by atoms with van der Waals surface area (Å²) < 4.78 is 22.4. The van der Waals surface area contributed by atoms with Gasteiger partial charge in [-0.15, -0.1) is 0 Å². The molecule has 1 aliphatic rings. The van der Waals surface area contributed by atoms with Gasteiger partial charge in [0.05, 0.1) is 13.2 Å². The van der Waals surface area contributed by atoms with Gasteiger partial charge in [0, 0.05) is 13.0 Å². The van der Waals surface area contributed by atoms with Gasteiger partial charge in [-0.1, -0.05) is 51.9 Å². The van der Waals surface area contributed by atoms with Gasteiger partial charge in [0.15, 0.2) is 6.29 Å². The highest BCUT2D eigenvalue weighted by atomic mass is 16.7. The molecule has 33 heavy (non-hydrogen) atoms. The highest BCUT2D eigenvalue weighted by Crippen LogP contribution is 2.19. The first-order valence-electron chi connectivity index (χ1n) is 13.5. The Kier molecular flexibility index (Phi) is 18.3. The van der Waals surface area contributed by atoms with Gasteiger partial charge < -0.3 is 18.9 Å². The number of rotatable bonds is 20. The molecule has 1 saturated heterocycles. The molecule has 0 amide bonds. The van der Waals surface area contributed by atoms with Crippen LogP contribution in [0.4, 0.5) is 0 Å². The standard InChI is InChI=1S/C26H49NO6/c1-4-7-8-9-13-18-23(33-25-20-15-16-21-32-25)27-22(26(29)31-6-3)17-12-10-11-14-19-24(28)30-5-2/h22-23,25,27H,4-21H2,1-3H3. The van der Waals surface area contributed by atoms with Crippen LogP contribution in [0.1, 0.15) is 117 Å². The molecule has 0 bridgehead atoms. The number of unbranched alkanes of at least 4 members (excludes halogenated alkanes) is 7. The number of ether oxygens (including phenoxy) is 4. The van der Waals surface area contributed by atoms with Crippen molar-refractivity contribution >= 4 is 11.9 Å². The van der Waals surface area contributed by atoms with Crippen molar-refractivity contribution in [2.45, 2.75) is 136 Å². The fraction of sp³-hybridized carbons (Fsp3) is 0.923. The molecule has 0 aromatic carbocycles. The zero-order chi connectivity index (χ0) is 24.2. The van der Waals surface area contributed by atoms with Gasteiger partial charge in [0.1, 0.15) is 12.3 Å². The quantitative estimate of drug-likeness (QED) is 0.140. The Hall–Kier alpha value is -1.18. The monoisotopic (exact) mass is 471 g/mol. The summed E-state index contributed by atoms with van der Waals surface area (Å²) in [5.74, 6) is -0.347. The minimum atomic E-state index is -0.390. The van der Waals surface area contributed by atoms with Crippen LogP contribution in [-0.2, 0) is 28.5 Å². The zero-order valence-corrected chi connectivity index (χ0v) is 21.4. The lowest BCUT2D eigenvalue weighted by molar-refractivity contribution is -0.199. The van der Waals surface area contributed by atoms with Gasteiger partial charge in [-0.3, -0.25) is 14.9 Å². The van der Waals surface area contributed by atoms with Crippen LogP contribution in [-0.4, -0.2) is 50.3 Å². The van der Waals surface area contributed by atoms with Crippen LogP contribution in [0.25, 0.3) is 0 Å². The molecule has 3 unspecified atom stereocenters. The molecule has 1 fully saturated rings. The molecule has 3 atom stereocenters. The Labute approximate surface area is 201 Å². The third-order valence-corrected chi connectivity index (χ3v) is 5.91. The topological polar surface area (TPSA) is 83.1 Å². The number of esters is 2. The van der Waals surface area contributed by atoms with Crippen molar-refractivity contribution < 1.29 is 28.5 Å². The van der Waals surface area contributed by atoms with Crippen LogP contribution < -0.4 is 5.32 Å². The van der Waals surface area contributed by atoms with E-state index in [-0.39, 0.29) is 30.5 Å². The molecular weight excluding hydrogens is 422 g/mol. The molecule has 7 nitrogen and oxygen atoms in total. The molecular formula is C26H49NO6. The minimum absolute atomic E-state index is 0.132. The average Bonchev–Trinajstić information content (AvgIpc) is 2.81. The van der Waals surface area contributed by atoms with E-state index in [1.165, 1.54) is 25.7 Å². The summed E-state index contributed by atoms with van der Waals surface area (Å²) in [5.41, 5.74) is 0. The van der Waals surface area contributed by atoms with Crippen LogP contribution in [0.15, 0.2) is 0 Å². The Balaban J connectivity index is 2.53. The first kappa shape index (κ1) is 29.9. The summed E-state index contributed by atoms with van der Waals surface area (Å²) in [5, 5.41) is 3.45. The Bertz CT molecular complexity index is 495. The zero-order valence-electron chi connectivity index (χ0n) is 21.4. The van der Waals surface area contributed by atoms with Gasteiger partial charge in [0.2, 0.25) is 0 Å². The molecule has 0 aromatic heterocycles. The van der Waals surface area contributed by atoms with Crippen LogP contribution in [0.5, 0.6) is 0 Å². The summed E-state index contributed by atoms with van der Waals surface area (Å²) in [4.78, 5) is 24.1. The number of nitrogens with one attached hydrogen (secondary N) is 1. The van der Waals surface area contributed by atoms with E-state index in [4.69, 9.17) is 18.9 Å². The lowest BCUT2D eigenvalue weighted by atomic mass is 10.1. The van der Waals surface area contributed by atoms with E-state index in [0.29, 0.717) is 26.1 Å². The molecule has 1 rings (SSSR count). The molecule has 0 radical (unpaired) electrons. The summed E-state index contributed by atoms with van der Waals surface area (Å²) >= 11 is 0. The maximum absolute atomic E-state index is 12.6. The van der Waals surface area contributed by atoms with Gasteiger partial charge in [-0.25, -0.2) is 0 Å². The predicted molar refractivity (Wildman–Crippen MR) is 130 cm³/mol. The van der Waals surface area contributed by atoms with Crippen LogP contribution in [0.2, 0.25) is 0 Å². The van der Waals surface area contributed by atoms with Crippen molar-refractivity contribution in [3.05, 3.63) is 0 Å². The average molecular weight is 472 g/mol. The SMILES string of the molecule is CCCCCCCC(NC(CCCCCCC(=O)OCC)C(=O)OCC)OC1CCCCO1. The number of carbonyl (C=O) groups excluding carboxylic acids is 2. The first-order chi connectivity index (χ1) is 16.1. The maximum Gasteiger partial charge on any atom is 0.323 e. The fourth-order valence-electron chi connectivity index (χ4n) is 4.07. The normalized spacial score (nSPS) is 18.0. The van der Waals surface area contributed by atoms with E-state index in [2.05, 4.69) is 12.2 Å². The van der Waals surface area contributed by atoms with E-state index < -0.39 is 0 Å². The van der Waals surface area contributed by atoms with E-state index in [1.807, 2.05) is 13.8 Å². The molecule has 1 heterocycles. The summed E-state index contributed by atoms with van der Waals surface area (Å²) in [6.45, 7) is 7.41. The predicted octanol–water partition coefficient (Wildman–Crippen LogP) is 5.64. The Morgan fingerprint density at radius 1 is 0.879 bits per heavy atom. The second-order valence-electron chi connectivity index (χ2n) is 8.85. The third-order valence-electron chi connectivity index (χ3n) is 5.91. The summed E-state index contributed by atoms with van der Waals surface area (Å²) in [6, 6.07) is -0.390. The fourth-order valence-corrected chi connectivity index (χ4v) is 4.07. The number of hydrogen-bond acceptors (Lipinski definition) is 7. The minimum Gasteiger partial charge on any atom is -0.466 e. The van der Waals surface area contributed by atoms with E-state index >= 15 is 0 Å². The highest BCUT2D eigenvalue weighted by Gasteiger charge is 2.26. The molecule has 1 aliphatic heterocycles. The molecule has 0 spiro atoms. The largest absolute Gasteiger partial charge is 0.466 e. The van der Waals surface area contributed by atoms with Gasteiger partial charge >= 0.3 is 11.9 Å². The molecule has 194 valence electrons. The Morgan fingerprint density at radius 3 is 2.24 bits per heavy atom.